The largest absolute Gasteiger partial charge is 0.340 e. The van der Waals surface area contributed by atoms with Crippen molar-refractivity contribution in [2.45, 2.75) is 52.0 Å². The van der Waals surface area contributed by atoms with E-state index in [0.717, 1.165) is 19.4 Å². The van der Waals surface area contributed by atoms with Crippen LogP contribution in [0.25, 0.3) is 0 Å². The number of carbonyl (C=O) groups excluding carboxylic acids is 1. The van der Waals surface area contributed by atoms with Crippen molar-refractivity contribution in [1.82, 2.24) is 4.90 Å². The molecule has 0 aliphatic carbocycles. The summed E-state index contributed by atoms with van der Waals surface area (Å²) < 4.78 is 0. The van der Waals surface area contributed by atoms with Gasteiger partial charge in [0.2, 0.25) is 5.91 Å². The van der Waals surface area contributed by atoms with Crippen LogP contribution in [0.5, 0.6) is 0 Å². The summed E-state index contributed by atoms with van der Waals surface area (Å²) in [5.41, 5.74) is 2.54. The fourth-order valence-corrected chi connectivity index (χ4v) is 2.74. The van der Waals surface area contributed by atoms with Gasteiger partial charge in [0.1, 0.15) is 0 Å². The molecule has 2 rings (SSSR count). The Kier molecular flexibility index (Phi) is 4.40. The molecule has 0 saturated carbocycles. The van der Waals surface area contributed by atoms with Gasteiger partial charge in [0.25, 0.3) is 0 Å². The van der Waals surface area contributed by atoms with E-state index in [1.165, 1.54) is 24.0 Å². The minimum Gasteiger partial charge on any atom is -0.340 e. The monoisotopic (exact) mass is 245 g/mol. The molecule has 2 heteroatoms. The van der Waals surface area contributed by atoms with Crippen molar-refractivity contribution in [1.29, 1.82) is 0 Å². The first-order valence-electron chi connectivity index (χ1n) is 7.05. The lowest BCUT2D eigenvalue weighted by atomic mass is 10.1. The third-order valence-electron chi connectivity index (χ3n) is 3.92. The van der Waals surface area contributed by atoms with E-state index in [4.69, 9.17) is 0 Å². The summed E-state index contributed by atoms with van der Waals surface area (Å²) in [5.74, 6) is 0.333. The van der Waals surface area contributed by atoms with Crippen LogP contribution >= 0.6 is 0 Å². The Morgan fingerprint density at radius 1 is 1.33 bits per heavy atom. The van der Waals surface area contributed by atoms with Gasteiger partial charge in [-0.15, -0.1) is 0 Å². The second-order valence-corrected chi connectivity index (χ2v) is 5.28. The second-order valence-electron chi connectivity index (χ2n) is 5.28. The molecular weight excluding hydrogens is 222 g/mol. The van der Waals surface area contributed by atoms with E-state index in [1.54, 1.807) is 0 Å². The average Bonchev–Trinajstić information content (AvgIpc) is 2.86. The fraction of sp³-hybridized carbons (Fsp3) is 0.562. The summed E-state index contributed by atoms with van der Waals surface area (Å²) in [5, 5.41) is 0. The van der Waals surface area contributed by atoms with Gasteiger partial charge in [-0.2, -0.15) is 0 Å². The molecule has 1 heterocycles. The highest BCUT2D eigenvalue weighted by molar-refractivity contribution is 5.77. The van der Waals surface area contributed by atoms with Gasteiger partial charge in [0, 0.05) is 19.0 Å². The molecule has 0 aromatic heterocycles. The molecule has 1 aromatic rings. The molecule has 1 aliphatic rings. The van der Waals surface area contributed by atoms with Gasteiger partial charge in [-0.25, -0.2) is 0 Å². The van der Waals surface area contributed by atoms with Crippen LogP contribution in [-0.2, 0) is 11.2 Å². The van der Waals surface area contributed by atoms with E-state index in [2.05, 4.69) is 43.0 Å². The van der Waals surface area contributed by atoms with Crippen LogP contribution in [-0.4, -0.2) is 23.4 Å². The third-order valence-corrected chi connectivity index (χ3v) is 3.92. The van der Waals surface area contributed by atoms with Crippen LogP contribution in [0.2, 0.25) is 0 Å². The normalized spacial score (nSPS) is 19.2. The number of hydrogen-bond donors (Lipinski definition) is 0. The van der Waals surface area contributed by atoms with E-state index in [1.807, 2.05) is 0 Å². The Hall–Kier alpha value is -1.31. The van der Waals surface area contributed by atoms with Crippen molar-refractivity contribution in [3.8, 4) is 0 Å². The Morgan fingerprint density at radius 3 is 2.72 bits per heavy atom. The first-order valence-corrected chi connectivity index (χ1v) is 7.05. The molecule has 0 spiro atoms. The van der Waals surface area contributed by atoms with Crippen LogP contribution in [0.3, 0.4) is 0 Å². The molecule has 0 radical (unpaired) electrons. The molecule has 1 unspecified atom stereocenters. The smallest absolute Gasteiger partial charge is 0.223 e. The lowest BCUT2D eigenvalue weighted by Gasteiger charge is -2.23. The number of likely N-dealkylation sites (tertiary alicyclic amines) is 1. The molecule has 2 nitrogen and oxygen atoms in total. The minimum atomic E-state index is 0.333. The molecule has 98 valence electrons. The molecular formula is C16H23NO. The van der Waals surface area contributed by atoms with Crippen molar-refractivity contribution in [3.63, 3.8) is 0 Å². The molecule has 1 aliphatic heterocycles. The zero-order valence-electron chi connectivity index (χ0n) is 11.5. The van der Waals surface area contributed by atoms with Gasteiger partial charge in [0.05, 0.1) is 0 Å². The number of carbonyl (C=O) groups is 1. The van der Waals surface area contributed by atoms with Crippen molar-refractivity contribution in [3.05, 3.63) is 35.4 Å². The van der Waals surface area contributed by atoms with Crippen LogP contribution in [0.1, 0.15) is 43.7 Å². The SMILES string of the molecule is CCC1CCCN1C(=O)CCc1ccc(C)cc1. The molecule has 1 atom stereocenters. The first-order chi connectivity index (χ1) is 8.70. The highest BCUT2D eigenvalue weighted by Crippen LogP contribution is 2.21. The highest BCUT2D eigenvalue weighted by Gasteiger charge is 2.26. The van der Waals surface area contributed by atoms with Gasteiger partial charge in [-0.3, -0.25) is 4.79 Å². The predicted molar refractivity (Wildman–Crippen MR) is 74.5 cm³/mol. The number of aryl methyl sites for hydroxylation is 2. The molecule has 1 amide bonds. The maximum Gasteiger partial charge on any atom is 0.223 e. The van der Waals surface area contributed by atoms with E-state index in [9.17, 15) is 4.79 Å². The van der Waals surface area contributed by atoms with Crippen molar-refractivity contribution in [2.24, 2.45) is 0 Å². The topological polar surface area (TPSA) is 20.3 Å². The Bertz CT molecular complexity index is 396. The Morgan fingerprint density at radius 2 is 2.06 bits per heavy atom. The second kappa shape index (κ2) is 6.03. The first kappa shape index (κ1) is 13.1. The van der Waals surface area contributed by atoms with Gasteiger partial charge in [-0.05, 0) is 38.2 Å². The molecule has 0 bridgehead atoms. The highest BCUT2D eigenvalue weighted by atomic mass is 16.2. The van der Waals surface area contributed by atoms with Crippen LogP contribution < -0.4 is 0 Å². The maximum absolute atomic E-state index is 12.2. The van der Waals surface area contributed by atoms with Gasteiger partial charge >= 0.3 is 0 Å². The number of rotatable bonds is 4. The zero-order chi connectivity index (χ0) is 13.0. The van der Waals surface area contributed by atoms with E-state index >= 15 is 0 Å². The van der Waals surface area contributed by atoms with E-state index in [0.29, 0.717) is 18.4 Å². The number of hydrogen-bond acceptors (Lipinski definition) is 1. The summed E-state index contributed by atoms with van der Waals surface area (Å²) in [6.07, 6.45) is 4.98. The van der Waals surface area contributed by atoms with Gasteiger partial charge in [-0.1, -0.05) is 36.8 Å². The van der Waals surface area contributed by atoms with Crippen molar-refractivity contribution >= 4 is 5.91 Å². The predicted octanol–water partition coefficient (Wildman–Crippen LogP) is 3.33. The molecule has 1 aromatic carbocycles. The van der Waals surface area contributed by atoms with Crippen LogP contribution in [0, 0.1) is 6.92 Å². The number of amides is 1. The van der Waals surface area contributed by atoms with Crippen molar-refractivity contribution < 1.29 is 4.79 Å². The van der Waals surface area contributed by atoms with Crippen LogP contribution in [0.15, 0.2) is 24.3 Å². The van der Waals surface area contributed by atoms with E-state index < -0.39 is 0 Å². The average molecular weight is 245 g/mol. The van der Waals surface area contributed by atoms with Gasteiger partial charge in [0.15, 0.2) is 0 Å². The summed E-state index contributed by atoms with van der Waals surface area (Å²) >= 11 is 0. The molecule has 0 N–H and O–H groups in total. The van der Waals surface area contributed by atoms with E-state index in [-0.39, 0.29) is 0 Å². The minimum absolute atomic E-state index is 0.333. The van der Waals surface area contributed by atoms with Crippen LogP contribution in [0.4, 0.5) is 0 Å². The lowest BCUT2D eigenvalue weighted by Crippen LogP contribution is -2.35. The quantitative estimate of drug-likeness (QED) is 0.796. The molecule has 1 saturated heterocycles. The lowest BCUT2D eigenvalue weighted by molar-refractivity contribution is -0.132. The summed E-state index contributed by atoms with van der Waals surface area (Å²) in [6, 6.07) is 8.98. The molecule has 18 heavy (non-hydrogen) atoms. The van der Waals surface area contributed by atoms with Gasteiger partial charge < -0.3 is 4.90 Å². The summed E-state index contributed by atoms with van der Waals surface area (Å²) in [4.78, 5) is 14.3. The summed E-state index contributed by atoms with van der Waals surface area (Å²) in [7, 11) is 0. The van der Waals surface area contributed by atoms with Crippen molar-refractivity contribution in [2.75, 3.05) is 6.54 Å². The number of benzene rings is 1. The Labute approximate surface area is 110 Å². The standard InChI is InChI=1S/C16H23NO/c1-3-15-5-4-12-17(15)16(18)11-10-14-8-6-13(2)7-9-14/h6-9,15H,3-5,10-12H2,1-2H3. The molecule has 1 fully saturated rings. The number of nitrogens with zero attached hydrogens (tertiary/aromatic N) is 1. The fourth-order valence-electron chi connectivity index (χ4n) is 2.74. The zero-order valence-corrected chi connectivity index (χ0v) is 11.5. The Balaban J connectivity index is 1.86. The summed E-state index contributed by atoms with van der Waals surface area (Å²) in [6.45, 7) is 5.23. The maximum atomic E-state index is 12.2. The third kappa shape index (κ3) is 3.12.